The highest BCUT2D eigenvalue weighted by Gasteiger charge is 2.17. The summed E-state index contributed by atoms with van der Waals surface area (Å²) >= 11 is 3.55. The van der Waals surface area contributed by atoms with E-state index in [1.165, 1.54) is 18.5 Å². The molecule has 0 unspecified atom stereocenters. The van der Waals surface area contributed by atoms with Crippen molar-refractivity contribution in [2.45, 2.75) is 18.8 Å². The van der Waals surface area contributed by atoms with Crippen LogP contribution < -0.4 is 5.32 Å². The lowest BCUT2D eigenvalue weighted by atomic mass is 9.94. The van der Waals surface area contributed by atoms with Crippen molar-refractivity contribution in [3.05, 3.63) is 28.5 Å². The van der Waals surface area contributed by atoms with Crippen molar-refractivity contribution in [3.8, 4) is 0 Å². The molecule has 0 aliphatic carbocycles. The van der Waals surface area contributed by atoms with E-state index in [1.807, 2.05) is 12.3 Å². The predicted octanol–water partition coefficient (Wildman–Crippen LogP) is 2.31. The standard InChI is InChI=1S/C10H13BrN2/c11-9-2-1-5-13-10(9)8-3-6-12-7-4-8/h1-2,5,8,12H,3-4,6-7H2. The lowest BCUT2D eigenvalue weighted by molar-refractivity contribution is 0.452. The molecule has 2 heterocycles. The van der Waals surface area contributed by atoms with Crippen LogP contribution in [0.15, 0.2) is 22.8 Å². The molecular weight excluding hydrogens is 228 g/mol. The lowest BCUT2D eigenvalue weighted by Gasteiger charge is -2.22. The summed E-state index contributed by atoms with van der Waals surface area (Å²) in [5.74, 6) is 0.636. The smallest absolute Gasteiger partial charge is 0.0577 e. The number of piperidine rings is 1. The molecule has 0 bridgehead atoms. The maximum atomic E-state index is 4.43. The molecule has 1 N–H and O–H groups in total. The average molecular weight is 241 g/mol. The second-order valence-corrected chi connectivity index (χ2v) is 4.25. The Balaban J connectivity index is 2.18. The van der Waals surface area contributed by atoms with Crippen molar-refractivity contribution in [2.75, 3.05) is 13.1 Å². The van der Waals surface area contributed by atoms with E-state index in [4.69, 9.17) is 0 Å². The van der Waals surface area contributed by atoms with Crippen molar-refractivity contribution in [3.63, 3.8) is 0 Å². The molecule has 0 aromatic carbocycles. The summed E-state index contributed by atoms with van der Waals surface area (Å²) < 4.78 is 1.15. The van der Waals surface area contributed by atoms with Gasteiger partial charge in [-0.25, -0.2) is 0 Å². The van der Waals surface area contributed by atoms with Crippen molar-refractivity contribution in [1.29, 1.82) is 0 Å². The second-order valence-electron chi connectivity index (χ2n) is 3.39. The number of pyridine rings is 1. The number of aromatic nitrogens is 1. The second kappa shape index (κ2) is 4.20. The number of rotatable bonds is 1. The molecule has 2 rings (SSSR count). The zero-order chi connectivity index (χ0) is 9.10. The largest absolute Gasteiger partial charge is 0.317 e. The van der Waals surface area contributed by atoms with Gasteiger partial charge in [0.2, 0.25) is 0 Å². The molecular formula is C10H13BrN2. The van der Waals surface area contributed by atoms with Crippen LogP contribution in [0.25, 0.3) is 0 Å². The Morgan fingerprint density at radius 2 is 2.15 bits per heavy atom. The number of nitrogens with zero attached hydrogens (tertiary/aromatic N) is 1. The fourth-order valence-electron chi connectivity index (χ4n) is 1.79. The highest BCUT2D eigenvalue weighted by Crippen LogP contribution is 2.28. The maximum absolute atomic E-state index is 4.43. The summed E-state index contributed by atoms with van der Waals surface area (Å²) in [4.78, 5) is 4.43. The van der Waals surface area contributed by atoms with Gasteiger partial charge in [-0.15, -0.1) is 0 Å². The third kappa shape index (κ3) is 2.09. The van der Waals surface area contributed by atoms with Crippen molar-refractivity contribution in [1.82, 2.24) is 10.3 Å². The summed E-state index contributed by atoms with van der Waals surface area (Å²) in [6.45, 7) is 2.24. The van der Waals surface area contributed by atoms with Crippen LogP contribution in [0.3, 0.4) is 0 Å². The zero-order valence-electron chi connectivity index (χ0n) is 7.46. The quantitative estimate of drug-likeness (QED) is 0.816. The predicted molar refractivity (Wildman–Crippen MR) is 56.8 cm³/mol. The SMILES string of the molecule is Brc1cccnc1C1CCNCC1. The molecule has 2 nitrogen and oxygen atoms in total. The number of hydrogen-bond donors (Lipinski definition) is 1. The van der Waals surface area contributed by atoms with E-state index in [1.54, 1.807) is 0 Å². The fourth-order valence-corrected chi connectivity index (χ4v) is 2.37. The first-order valence-electron chi connectivity index (χ1n) is 4.69. The molecule has 0 spiro atoms. The van der Waals surface area contributed by atoms with Gasteiger partial charge in [-0.3, -0.25) is 4.98 Å². The maximum Gasteiger partial charge on any atom is 0.0577 e. The minimum Gasteiger partial charge on any atom is -0.317 e. The first kappa shape index (κ1) is 9.16. The van der Waals surface area contributed by atoms with Gasteiger partial charge >= 0.3 is 0 Å². The van der Waals surface area contributed by atoms with Gasteiger partial charge in [0.05, 0.1) is 5.69 Å². The fraction of sp³-hybridized carbons (Fsp3) is 0.500. The Morgan fingerprint density at radius 3 is 2.85 bits per heavy atom. The molecule has 1 saturated heterocycles. The molecule has 1 fully saturated rings. The summed E-state index contributed by atoms with van der Waals surface area (Å²) in [7, 11) is 0. The van der Waals surface area contributed by atoms with Gasteiger partial charge in [-0.1, -0.05) is 0 Å². The van der Waals surface area contributed by atoms with Gasteiger partial charge in [-0.05, 0) is 54.0 Å². The highest BCUT2D eigenvalue weighted by molar-refractivity contribution is 9.10. The van der Waals surface area contributed by atoms with Crippen LogP contribution in [0.2, 0.25) is 0 Å². The normalized spacial score (nSPS) is 18.8. The van der Waals surface area contributed by atoms with E-state index in [-0.39, 0.29) is 0 Å². The van der Waals surface area contributed by atoms with E-state index >= 15 is 0 Å². The van der Waals surface area contributed by atoms with Crippen LogP contribution in [-0.2, 0) is 0 Å². The van der Waals surface area contributed by atoms with E-state index in [0.717, 1.165) is 17.6 Å². The molecule has 3 heteroatoms. The minimum atomic E-state index is 0.636. The van der Waals surface area contributed by atoms with Crippen LogP contribution >= 0.6 is 15.9 Å². The summed E-state index contributed by atoms with van der Waals surface area (Å²) in [5.41, 5.74) is 1.23. The van der Waals surface area contributed by atoms with Crippen molar-refractivity contribution >= 4 is 15.9 Å². The Kier molecular flexibility index (Phi) is 2.96. The van der Waals surface area contributed by atoms with Gasteiger partial charge in [0, 0.05) is 16.6 Å². The Hall–Kier alpha value is -0.410. The molecule has 0 amide bonds. The topological polar surface area (TPSA) is 24.9 Å². The summed E-state index contributed by atoms with van der Waals surface area (Å²) in [6.07, 6.45) is 4.29. The molecule has 1 aromatic heterocycles. The summed E-state index contributed by atoms with van der Waals surface area (Å²) in [5, 5.41) is 3.36. The van der Waals surface area contributed by atoms with Crippen molar-refractivity contribution < 1.29 is 0 Å². The van der Waals surface area contributed by atoms with Crippen LogP contribution in [0.1, 0.15) is 24.5 Å². The van der Waals surface area contributed by atoms with Gasteiger partial charge in [0.25, 0.3) is 0 Å². The Labute approximate surface area is 86.9 Å². The molecule has 0 radical (unpaired) electrons. The van der Waals surface area contributed by atoms with Crippen molar-refractivity contribution in [2.24, 2.45) is 0 Å². The zero-order valence-corrected chi connectivity index (χ0v) is 9.05. The third-order valence-electron chi connectivity index (χ3n) is 2.51. The third-order valence-corrected chi connectivity index (χ3v) is 3.18. The van der Waals surface area contributed by atoms with E-state index in [2.05, 4.69) is 32.3 Å². The van der Waals surface area contributed by atoms with Crippen LogP contribution in [-0.4, -0.2) is 18.1 Å². The average Bonchev–Trinajstić information content (AvgIpc) is 2.20. The van der Waals surface area contributed by atoms with E-state index in [0.29, 0.717) is 5.92 Å². The highest BCUT2D eigenvalue weighted by atomic mass is 79.9. The van der Waals surface area contributed by atoms with Gasteiger partial charge in [-0.2, -0.15) is 0 Å². The van der Waals surface area contributed by atoms with Gasteiger partial charge in [0.1, 0.15) is 0 Å². The first-order valence-corrected chi connectivity index (χ1v) is 5.48. The van der Waals surface area contributed by atoms with Gasteiger partial charge in [0.15, 0.2) is 0 Å². The molecule has 1 aliphatic rings. The monoisotopic (exact) mass is 240 g/mol. The molecule has 0 saturated carbocycles. The minimum absolute atomic E-state index is 0.636. The molecule has 1 aliphatic heterocycles. The molecule has 0 atom stereocenters. The van der Waals surface area contributed by atoms with E-state index < -0.39 is 0 Å². The molecule has 13 heavy (non-hydrogen) atoms. The first-order chi connectivity index (χ1) is 6.38. The molecule has 1 aromatic rings. The van der Waals surface area contributed by atoms with Crippen LogP contribution in [0, 0.1) is 0 Å². The summed E-state index contributed by atoms with van der Waals surface area (Å²) in [6, 6.07) is 4.04. The van der Waals surface area contributed by atoms with E-state index in [9.17, 15) is 0 Å². The Morgan fingerprint density at radius 1 is 1.38 bits per heavy atom. The lowest BCUT2D eigenvalue weighted by Crippen LogP contribution is -2.27. The molecule has 70 valence electrons. The number of halogens is 1. The number of nitrogens with one attached hydrogen (secondary N) is 1. The van der Waals surface area contributed by atoms with Crippen LogP contribution in [0.4, 0.5) is 0 Å². The Bertz CT molecular complexity index is 282. The van der Waals surface area contributed by atoms with Crippen LogP contribution in [0.5, 0.6) is 0 Å². The number of hydrogen-bond acceptors (Lipinski definition) is 2. The van der Waals surface area contributed by atoms with Gasteiger partial charge < -0.3 is 5.32 Å².